The number of carboxylic acid groups (broad SMARTS) is 2. The molecule has 0 aromatic heterocycles. The highest BCUT2D eigenvalue weighted by Gasteiger charge is 2.32. The van der Waals surface area contributed by atoms with Gasteiger partial charge in [-0.05, 0) is 51.2 Å². The third kappa shape index (κ3) is 12.7. The van der Waals surface area contributed by atoms with Crippen molar-refractivity contribution in [3.05, 3.63) is 34.4 Å². The van der Waals surface area contributed by atoms with Gasteiger partial charge in [0, 0.05) is 18.8 Å². The van der Waals surface area contributed by atoms with Gasteiger partial charge in [-0.25, -0.2) is 9.59 Å². The van der Waals surface area contributed by atoms with Gasteiger partial charge in [-0.2, -0.15) is 0 Å². The maximum absolute atomic E-state index is 12.6. The van der Waals surface area contributed by atoms with Crippen molar-refractivity contribution in [1.29, 1.82) is 0 Å². The van der Waals surface area contributed by atoms with Crippen molar-refractivity contribution in [3.63, 3.8) is 0 Å². The lowest BCUT2D eigenvalue weighted by molar-refractivity contribution is -0.170. The molecule has 0 radical (unpaired) electrons. The summed E-state index contributed by atoms with van der Waals surface area (Å²) in [5, 5.41) is 20.1. The first-order valence-corrected chi connectivity index (χ1v) is 15.4. The van der Waals surface area contributed by atoms with Gasteiger partial charge in [-0.3, -0.25) is 0 Å². The van der Waals surface area contributed by atoms with Gasteiger partial charge in [0.1, 0.15) is 0 Å². The van der Waals surface area contributed by atoms with Gasteiger partial charge in [-0.1, -0.05) is 85.1 Å². The zero-order valence-corrected chi connectivity index (χ0v) is 25.7. The lowest BCUT2D eigenvalue weighted by Gasteiger charge is -2.30. The first kappa shape index (κ1) is 36.0. The van der Waals surface area contributed by atoms with Crippen molar-refractivity contribution in [1.82, 2.24) is 0 Å². The summed E-state index contributed by atoms with van der Waals surface area (Å²) in [6.07, 6.45) is 8.98. The maximum atomic E-state index is 12.6. The molecule has 1 rings (SSSR count). The summed E-state index contributed by atoms with van der Waals surface area (Å²) in [5.74, 6) is -2.60. The van der Waals surface area contributed by atoms with Crippen LogP contribution < -0.4 is 0 Å². The highest BCUT2D eigenvalue weighted by molar-refractivity contribution is 6.03. The molecule has 0 heterocycles. The van der Waals surface area contributed by atoms with E-state index >= 15 is 0 Å². The Kier molecular flexibility index (Phi) is 18.7. The van der Waals surface area contributed by atoms with Crippen molar-refractivity contribution in [2.75, 3.05) is 13.2 Å². The molecule has 4 atom stereocenters. The molecule has 0 aliphatic heterocycles. The molecule has 1 aromatic rings. The van der Waals surface area contributed by atoms with Gasteiger partial charge in [0.25, 0.3) is 0 Å². The van der Waals surface area contributed by atoms with Crippen LogP contribution in [0.2, 0.25) is 0 Å². The topological polar surface area (TPSA) is 112 Å². The molecule has 0 bridgehead atoms. The molecule has 8 nitrogen and oxygen atoms in total. The summed E-state index contributed by atoms with van der Waals surface area (Å²) >= 11 is 0. The Morgan fingerprint density at radius 3 is 1.62 bits per heavy atom. The standard InChI is InChI=1S/C32H54O8/c1-7-11-13-15-21-37-23(5)39-27(17-9-3)25-19-20-26(31(33)34)30(32(35)36)29(25)28(18-10-4)40-24(6)38-22-16-14-12-8-2/h19-20,23-24,27-28H,7-18,21-22H2,1-6H3,(H,33,34)(H,35,36). The Balaban J connectivity index is 3.40. The quantitative estimate of drug-likeness (QED) is 0.0944. The first-order chi connectivity index (χ1) is 19.2. The van der Waals surface area contributed by atoms with Crippen molar-refractivity contribution in [2.45, 2.75) is 143 Å². The third-order valence-corrected chi connectivity index (χ3v) is 6.91. The second-order valence-electron chi connectivity index (χ2n) is 10.4. The molecular formula is C32H54O8. The van der Waals surface area contributed by atoms with Gasteiger partial charge >= 0.3 is 11.9 Å². The van der Waals surface area contributed by atoms with Crippen LogP contribution in [0.25, 0.3) is 0 Å². The zero-order valence-electron chi connectivity index (χ0n) is 25.7. The van der Waals surface area contributed by atoms with E-state index in [0.717, 1.165) is 57.8 Å². The van der Waals surface area contributed by atoms with Crippen LogP contribution in [-0.4, -0.2) is 47.9 Å². The maximum Gasteiger partial charge on any atom is 0.336 e. The molecule has 0 fully saturated rings. The predicted molar refractivity (Wildman–Crippen MR) is 157 cm³/mol. The fourth-order valence-corrected chi connectivity index (χ4v) is 4.87. The molecule has 1 aromatic carbocycles. The van der Waals surface area contributed by atoms with Crippen LogP contribution in [-0.2, 0) is 18.9 Å². The van der Waals surface area contributed by atoms with Crippen molar-refractivity contribution in [2.24, 2.45) is 0 Å². The van der Waals surface area contributed by atoms with E-state index in [1.165, 1.54) is 6.07 Å². The Bertz CT molecular complexity index is 856. The van der Waals surface area contributed by atoms with Gasteiger partial charge in [-0.15, -0.1) is 0 Å². The van der Waals surface area contributed by atoms with E-state index in [9.17, 15) is 19.8 Å². The van der Waals surface area contributed by atoms with E-state index in [1.807, 2.05) is 20.8 Å². The molecular weight excluding hydrogens is 512 g/mol. The van der Waals surface area contributed by atoms with Gasteiger partial charge in [0.2, 0.25) is 0 Å². The van der Waals surface area contributed by atoms with Crippen LogP contribution in [0, 0.1) is 0 Å². The van der Waals surface area contributed by atoms with Crippen LogP contribution in [0.4, 0.5) is 0 Å². The molecule has 8 heteroatoms. The molecule has 4 unspecified atom stereocenters. The SMILES string of the molecule is CCCCCCOC(C)OC(CCC)c1ccc(C(=O)O)c(C(=O)O)c1C(CCC)OC(C)OCCCCCC. The monoisotopic (exact) mass is 566 g/mol. The van der Waals surface area contributed by atoms with Crippen LogP contribution in [0.3, 0.4) is 0 Å². The lowest BCUT2D eigenvalue weighted by atomic mass is 9.87. The fraction of sp³-hybridized carbons (Fsp3) is 0.750. The molecule has 0 saturated heterocycles. The predicted octanol–water partition coefficient (Wildman–Crippen LogP) is 8.68. The molecule has 0 aliphatic carbocycles. The zero-order chi connectivity index (χ0) is 29.9. The van der Waals surface area contributed by atoms with E-state index in [4.69, 9.17) is 18.9 Å². The molecule has 0 spiro atoms. The number of hydrogen-bond acceptors (Lipinski definition) is 6. The Morgan fingerprint density at radius 2 is 1.18 bits per heavy atom. The van der Waals surface area contributed by atoms with Crippen molar-refractivity contribution in [3.8, 4) is 0 Å². The van der Waals surface area contributed by atoms with Gasteiger partial charge in [0.05, 0.1) is 23.3 Å². The molecule has 0 aliphatic rings. The molecule has 40 heavy (non-hydrogen) atoms. The summed E-state index contributed by atoms with van der Waals surface area (Å²) < 4.78 is 24.5. The number of hydrogen-bond donors (Lipinski definition) is 2. The normalized spacial score (nSPS) is 14.6. The Labute approximate surface area is 241 Å². The second kappa shape index (κ2) is 20.8. The Hall–Kier alpha value is -2.00. The summed E-state index contributed by atoms with van der Waals surface area (Å²) in [5.41, 5.74) is 0.458. The van der Waals surface area contributed by atoms with Gasteiger partial charge in [0.15, 0.2) is 12.6 Å². The molecule has 0 saturated carbocycles. The number of carboxylic acids is 2. The summed E-state index contributed by atoms with van der Waals surface area (Å²) in [6.45, 7) is 13.1. The van der Waals surface area contributed by atoms with E-state index in [1.54, 1.807) is 13.0 Å². The van der Waals surface area contributed by atoms with Crippen molar-refractivity contribution < 1.29 is 38.7 Å². The van der Waals surface area contributed by atoms with Gasteiger partial charge < -0.3 is 29.2 Å². The average Bonchev–Trinajstić information content (AvgIpc) is 2.91. The molecule has 230 valence electrons. The number of unbranched alkanes of at least 4 members (excludes halogenated alkanes) is 6. The largest absolute Gasteiger partial charge is 0.478 e. The van der Waals surface area contributed by atoms with Crippen LogP contribution in [0.15, 0.2) is 12.1 Å². The summed E-state index contributed by atoms with van der Waals surface area (Å²) in [4.78, 5) is 24.7. The van der Waals surface area contributed by atoms with E-state index in [-0.39, 0.29) is 11.1 Å². The van der Waals surface area contributed by atoms with E-state index in [2.05, 4.69) is 13.8 Å². The molecule has 0 amide bonds. The average molecular weight is 567 g/mol. The summed E-state index contributed by atoms with van der Waals surface area (Å²) in [7, 11) is 0. The van der Waals surface area contributed by atoms with Crippen molar-refractivity contribution >= 4 is 11.9 Å². The highest BCUT2D eigenvalue weighted by atomic mass is 16.7. The minimum absolute atomic E-state index is 0.253. The highest BCUT2D eigenvalue weighted by Crippen LogP contribution is 2.38. The van der Waals surface area contributed by atoms with Crippen LogP contribution in [0.1, 0.15) is 163 Å². The smallest absolute Gasteiger partial charge is 0.336 e. The van der Waals surface area contributed by atoms with E-state index in [0.29, 0.717) is 43.6 Å². The minimum atomic E-state index is -1.30. The number of benzene rings is 1. The number of rotatable bonds is 24. The van der Waals surface area contributed by atoms with Crippen LogP contribution >= 0.6 is 0 Å². The fourth-order valence-electron chi connectivity index (χ4n) is 4.87. The number of aromatic carboxylic acids is 2. The second-order valence-corrected chi connectivity index (χ2v) is 10.4. The summed E-state index contributed by atoms with van der Waals surface area (Å²) in [6, 6.07) is 3.05. The van der Waals surface area contributed by atoms with E-state index < -0.39 is 36.7 Å². The number of ether oxygens (including phenoxy) is 4. The lowest BCUT2D eigenvalue weighted by Crippen LogP contribution is -2.25. The Morgan fingerprint density at radius 1 is 0.675 bits per heavy atom. The number of carbonyl (C=O) groups is 2. The van der Waals surface area contributed by atoms with Crippen LogP contribution in [0.5, 0.6) is 0 Å². The first-order valence-electron chi connectivity index (χ1n) is 15.4. The third-order valence-electron chi connectivity index (χ3n) is 6.91. The minimum Gasteiger partial charge on any atom is -0.478 e. The molecule has 2 N–H and O–H groups in total.